The molecule has 1 aromatic heterocycles. The summed E-state index contributed by atoms with van der Waals surface area (Å²) in [6.45, 7) is 3.32. The van der Waals surface area contributed by atoms with Crippen molar-refractivity contribution >= 4 is 10.9 Å². The molecule has 2 aromatic rings. The quantitative estimate of drug-likeness (QED) is 0.756. The van der Waals surface area contributed by atoms with Crippen molar-refractivity contribution in [1.29, 1.82) is 0 Å². The number of rotatable bonds is 5. The van der Waals surface area contributed by atoms with Crippen molar-refractivity contribution in [2.45, 2.75) is 38.6 Å². The molecule has 1 aliphatic rings. The van der Waals surface area contributed by atoms with Gasteiger partial charge in [-0.3, -0.25) is 0 Å². The first-order chi connectivity index (χ1) is 8.34. The number of aromatic nitrogens is 1. The van der Waals surface area contributed by atoms with Gasteiger partial charge >= 0.3 is 0 Å². The van der Waals surface area contributed by atoms with E-state index in [1.807, 2.05) is 0 Å². The highest BCUT2D eigenvalue weighted by molar-refractivity contribution is 5.85. The number of H-pyrrole nitrogens is 1. The van der Waals surface area contributed by atoms with E-state index in [1.54, 1.807) is 0 Å². The van der Waals surface area contributed by atoms with E-state index in [0.717, 1.165) is 12.6 Å². The van der Waals surface area contributed by atoms with E-state index in [2.05, 4.69) is 41.6 Å². The molecule has 17 heavy (non-hydrogen) atoms. The summed E-state index contributed by atoms with van der Waals surface area (Å²) in [5.74, 6) is 0. The highest BCUT2D eigenvalue weighted by Gasteiger charge is 2.19. The van der Waals surface area contributed by atoms with Gasteiger partial charge in [0.2, 0.25) is 0 Å². The van der Waals surface area contributed by atoms with Crippen LogP contribution in [0.1, 0.15) is 30.4 Å². The molecule has 1 aromatic carbocycles. The number of hydrogen-bond acceptors (Lipinski definition) is 1. The molecule has 1 heterocycles. The molecule has 90 valence electrons. The lowest BCUT2D eigenvalue weighted by Crippen LogP contribution is -2.17. The molecule has 0 atom stereocenters. The Morgan fingerprint density at radius 1 is 1.35 bits per heavy atom. The van der Waals surface area contributed by atoms with Crippen LogP contribution >= 0.6 is 0 Å². The maximum atomic E-state index is 3.57. The van der Waals surface area contributed by atoms with Crippen molar-refractivity contribution < 1.29 is 0 Å². The van der Waals surface area contributed by atoms with Gasteiger partial charge in [0.05, 0.1) is 0 Å². The van der Waals surface area contributed by atoms with Gasteiger partial charge in [0, 0.05) is 23.1 Å². The minimum absolute atomic E-state index is 0.834. The monoisotopic (exact) mass is 228 g/mol. The van der Waals surface area contributed by atoms with Crippen LogP contribution in [0.3, 0.4) is 0 Å². The van der Waals surface area contributed by atoms with Crippen molar-refractivity contribution in [1.82, 2.24) is 10.3 Å². The minimum Gasteiger partial charge on any atom is -0.361 e. The third-order valence-corrected chi connectivity index (χ3v) is 3.64. The van der Waals surface area contributed by atoms with Crippen LogP contribution in [0.15, 0.2) is 24.4 Å². The van der Waals surface area contributed by atoms with Crippen LogP contribution in [0.5, 0.6) is 0 Å². The maximum Gasteiger partial charge on any atom is 0.0486 e. The van der Waals surface area contributed by atoms with Gasteiger partial charge in [-0.25, -0.2) is 0 Å². The molecule has 1 fully saturated rings. The number of nitrogens with one attached hydrogen (secondary N) is 2. The van der Waals surface area contributed by atoms with Crippen LogP contribution in [-0.4, -0.2) is 17.6 Å². The molecule has 0 bridgehead atoms. The molecule has 2 heteroatoms. The van der Waals surface area contributed by atoms with E-state index in [1.165, 1.54) is 47.7 Å². The minimum atomic E-state index is 0.834. The Balaban J connectivity index is 1.65. The van der Waals surface area contributed by atoms with Crippen LogP contribution in [-0.2, 0) is 6.42 Å². The zero-order chi connectivity index (χ0) is 11.7. The van der Waals surface area contributed by atoms with Crippen molar-refractivity contribution in [3.8, 4) is 0 Å². The summed E-state index contributed by atoms with van der Waals surface area (Å²) >= 11 is 0. The molecule has 2 nitrogen and oxygen atoms in total. The van der Waals surface area contributed by atoms with E-state index >= 15 is 0 Å². The van der Waals surface area contributed by atoms with Gasteiger partial charge < -0.3 is 10.3 Å². The molecule has 1 saturated carbocycles. The fourth-order valence-corrected chi connectivity index (χ4v) is 2.44. The Bertz CT molecular complexity index is 509. The third-order valence-electron chi connectivity index (χ3n) is 3.64. The second-order valence-corrected chi connectivity index (χ2v) is 5.14. The standard InChI is InChI=1S/C15H20N2/c1-11-4-2-6-14-12(10-17-15(11)14)5-3-9-16-13-7-8-13/h2,4,6,10,13,16-17H,3,5,7-9H2,1H3. The van der Waals surface area contributed by atoms with Crippen molar-refractivity contribution in [3.63, 3.8) is 0 Å². The molecule has 0 aliphatic heterocycles. The number of hydrogen-bond donors (Lipinski definition) is 2. The first kappa shape index (κ1) is 10.8. The summed E-state index contributed by atoms with van der Waals surface area (Å²) in [5.41, 5.74) is 4.10. The Kier molecular flexibility index (Phi) is 2.89. The molecule has 0 radical (unpaired) electrons. The van der Waals surface area contributed by atoms with E-state index in [9.17, 15) is 0 Å². The molecule has 3 rings (SSSR count). The summed E-state index contributed by atoms with van der Waals surface area (Å²) < 4.78 is 0. The molecular formula is C15H20N2. The molecule has 0 unspecified atom stereocenters. The van der Waals surface area contributed by atoms with E-state index < -0.39 is 0 Å². The summed E-state index contributed by atoms with van der Waals surface area (Å²) in [5, 5.41) is 4.97. The number of fused-ring (bicyclic) bond motifs is 1. The largest absolute Gasteiger partial charge is 0.361 e. The van der Waals surface area contributed by atoms with Crippen LogP contribution in [0.4, 0.5) is 0 Å². The van der Waals surface area contributed by atoms with E-state index in [-0.39, 0.29) is 0 Å². The number of benzene rings is 1. The molecule has 2 N–H and O–H groups in total. The smallest absolute Gasteiger partial charge is 0.0486 e. The first-order valence-electron chi connectivity index (χ1n) is 6.63. The average Bonchev–Trinajstić information content (AvgIpc) is 3.06. The van der Waals surface area contributed by atoms with E-state index in [4.69, 9.17) is 0 Å². The highest BCUT2D eigenvalue weighted by atomic mass is 14.9. The maximum absolute atomic E-state index is 3.57. The normalized spacial score (nSPS) is 15.6. The third kappa shape index (κ3) is 2.37. The van der Waals surface area contributed by atoms with Gasteiger partial charge in [-0.05, 0) is 50.3 Å². The molecular weight excluding hydrogens is 208 g/mol. The Morgan fingerprint density at radius 3 is 3.06 bits per heavy atom. The zero-order valence-electron chi connectivity index (χ0n) is 10.4. The topological polar surface area (TPSA) is 27.8 Å². The SMILES string of the molecule is Cc1cccc2c(CCCNC3CC3)c[nH]c12. The van der Waals surface area contributed by atoms with Crippen LogP contribution < -0.4 is 5.32 Å². The summed E-state index contributed by atoms with van der Waals surface area (Å²) in [4.78, 5) is 3.40. The summed E-state index contributed by atoms with van der Waals surface area (Å²) in [6, 6.07) is 7.37. The summed E-state index contributed by atoms with van der Waals surface area (Å²) in [6.07, 6.45) is 7.34. The fraction of sp³-hybridized carbons (Fsp3) is 0.467. The number of para-hydroxylation sites is 1. The van der Waals surface area contributed by atoms with Crippen molar-refractivity contribution in [2.75, 3.05) is 6.54 Å². The zero-order valence-corrected chi connectivity index (χ0v) is 10.4. The number of aromatic amines is 1. The van der Waals surface area contributed by atoms with Crippen LogP contribution in [0.25, 0.3) is 10.9 Å². The Labute approximate surface area is 102 Å². The molecule has 1 aliphatic carbocycles. The molecule has 0 spiro atoms. The van der Waals surface area contributed by atoms with Crippen molar-refractivity contribution in [3.05, 3.63) is 35.5 Å². The van der Waals surface area contributed by atoms with Gasteiger partial charge in [0.25, 0.3) is 0 Å². The van der Waals surface area contributed by atoms with Gasteiger partial charge in [0.15, 0.2) is 0 Å². The van der Waals surface area contributed by atoms with Gasteiger partial charge in [-0.15, -0.1) is 0 Å². The first-order valence-corrected chi connectivity index (χ1v) is 6.63. The molecule has 0 saturated heterocycles. The second-order valence-electron chi connectivity index (χ2n) is 5.14. The Morgan fingerprint density at radius 2 is 2.24 bits per heavy atom. The van der Waals surface area contributed by atoms with Gasteiger partial charge in [-0.1, -0.05) is 18.2 Å². The lowest BCUT2D eigenvalue weighted by molar-refractivity contribution is 0.646. The van der Waals surface area contributed by atoms with Gasteiger partial charge in [-0.2, -0.15) is 0 Å². The Hall–Kier alpha value is -1.28. The summed E-state index contributed by atoms with van der Waals surface area (Å²) in [7, 11) is 0. The predicted molar refractivity (Wildman–Crippen MR) is 72.4 cm³/mol. The lowest BCUT2D eigenvalue weighted by atomic mass is 10.1. The van der Waals surface area contributed by atoms with Crippen LogP contribution in [0, 0.1) is 6.92 Å². The lowest BCUT2D eigenvalue weighted by Gasteiger charge is -2.02. The average molecular weight is 228 g/mol. The highest BCUT2D eigenvalue weighted by Crippen LogP contribution is 2.22. The number of aryl methyl sites for hydroxylation is 2. The van der Waals surface area contributed by atoms with Crippen molar-refractivity contribution in [2.24, 2.45) is 0 Å². The second kappa shape index (κ2) is 4.53. The van der Waals surface area contributed by atoms with E-state index in [0.29, 0.717) is 0 Å². The van der Waals surface area contributed by atoms with Crippen LogP contribution in [0.2, 0.25) is 0 Å². The predicted octanol–water partition coefficient (Wildman–Crippen LogP) is 3.16. The van der Waals surface area contributed by atoms with Gasteiger partial charge in [0.1, 0.15) is 0 Å². The fourth-order valence-electron chi connectivity index (χ4n) is 2.44. The molecule has 0 amide bonds.